The molecule has 432 valence electrons. The number of ether oxygens (including phenoxy) is 1. The first-order valence-electron chi connectivity index (χ1n) is 26.2. The van der Waals surface area contributed by atoms with Crippen LogP contribution in [0.5, 0.6) is 5.75 Å². The first kappa shape index (κ1) is 62.8. The molecule has 3 heterocycles. The lowest BCUT2D eigenvalue weighted by molar-refractivity contribution is -0.140. The number of para-hydroxylation sites is 1. The molecule has 0 unspecified atom stereocenters. The lowest BCUT2D eigenvalue weighted by atomic mass is 9.72. The molecular weight excluding hydrogens is 1040 g/mol. The Labute approximate surface area is 456 Å². The minimum Gasteiger partial charge on any atom is -0.493 e. The average Bonchev–Trinajstić information content (AvgIpc) is 3.40. The summed E-state index contributed by atoms with van der Waals surface area (Å²) < 4.78 is 62.4. The van der Waals surface area contributed by atoms with Crippen LogP contribution in [0.4, 0.5) is 23.2 Å². The number of hydrogen-bond acceptors (Lipinski definition) is 16. The van der Waals surface area contributed by atoms with E-state index < -0.39 is 58.7 Å². The summed E-state index contributed by atoms with van der Waals surface area (Å²) in [5.41, 5.74) is 4.79. The standard InChI is InChI=1S/C53H72F4N12O10/c1-3-79-44-9-5-4-7-40(44)49-41(54)30-39(32-63-49)52(12-17-69(18-13-52)43-11-10-38(53(55,56)57)29-37(43)31-58)51(78)62-16-20-64(2)19-15-61-50(77)42(59)8-6-14-60-45(70)33-65-21-23-66(34-46(71)72)25-27-68(36-48(75)76)28-26-67(24-22-65)35-47(73)74/h4-5,7,9-11,29-30,32,42H,3,6,8,12-28,33-36,59H2,1-2H3,(H,60,70)(H,61,77)(H,62,78)(H,71,72)(H,73,74)(H,75,76)/t42-/m1/s1. The van der Waals surface area contributed by atoms with E-state index in [9.17, 15) is 62.5 Å². The van der Waals surface area contributed by atoms with Crippen molar-refractivity contribution in [1.29, 1.82) is 5.26 Å². The van der Waals surface area contributed by atoms with Crippen molar-refractivity contribution in [3.05, 3.63) is 77.2 Å². The molecule has 2 fully saturated rings. The van der Waals surface area contributed by atoms with Gasteiger partial charge in [-0.15, -0.1) is 0 Å². The maximum atomic E-state index is 16.1. The van der Waals surface area contributed by atoms with E-state index in [2.05, 4.69) is 20.9 Å². The van der Waals surface area contributed by atoms with Gasteiger partial charge in [-0.3, -0.25) is 53.4 Å². The molecule has 2 saturated heterocycles. The number of nitrogens with zero attached hydrogens (tertiary/aromatic N) is 8. The number of nitrogens with two attached hydrogens (primary N) is 1. The second-order valence-electron chi connectivity index (χ2n) is 19.6. The van der Waals surface area contributed by atoms with Crippen molar-refractivity contribution in [2.24, 2.45) is 5.73 Å². The summed E-state index contributed by atoms with van der Waals surface area (Å²) in [4.78, 5) is 89.9. The van der Waals surface area contributed by atoms with Crippen LogP contribution in [0.2, 0.25) is 0 Å². The molecule has 3 aromatic rings. The van der Waals surface area contributed by atoms with Crippen molar-refractivity contribution < 1.29 is 66.4 Å². The molecule has 2 aliphatic rings. The van der Waals surface area contributed by atoms with Crippen LogP contribution in [-0.2, 0) is 40.4 Å². The molecule has 1 atom stereocenters. The van der Waals surface area contributed by atoms with E-state index in [0.29, 0.717) is 43.0 Å². The molecule has 79 heavy (non-hydrogen) atoms. The van der Waals surface area contributed by atoms with Crippen molar-refractivity contribution in [2.75, 3.05) is 143 Å². The van der Waals surface area contributed by atoms with Gasteiger partial charge >= 0.3 is 24.1 Å². The molecule has 3 amide bonds. The average molecular weight is 1110 g/mol. The molecule has 2 aliphatic heterocycles. The van der Waals surface area contributed by atoms with Crippen molar-refractivity contribution in [1.82, 2.24) is 45.4 Å². The van der Waals surface area contributed by atoms with E-state index in [1.807, 2.05) is 11.0 Å². The van der Waals surface area contributed by atoms with Gasteiger partial charge in [0.05, 0.1) is 61.1 Å². The quantitative estimate of drug-likeness (QED) is 0.0468. The number of likely N-dealkylation sites (N-methyl/N-ethyl adjacent to an activating group) is 1. The van der Waals surface area contributed by atoms with E-state index in [1.54, 1.807) is 62.7 Å². The van der Waals surface area contributed by atoms with Gasteiger partial charge in [-0.25, -0.2) is 4.39 Å². The van der Waals surface area contributed by atoms with Gasteiger partial charge < -0.3 is 51.5 Å². The molecule has 0 bridgehead atoms. The number of aliphatic carboxylic acids is 3. The summed E-state index contributed by atoms with van der Waals surface area (Å²) in [5, 5.41) is 46.8. The summed E-state index contributed by atoms with van der Waals surface area (Å²) in [6.07, 6.45) is -2.35. The molecule has 0 saturated carbocycles. The van der Waals surface area contributed by atoms with E-state index in [4.69, 9.17) is 10.5 Å². The van der Waals surface area contributed by atoms with E-state index in [1.165, 1.54) is 18.3 Å². The third-order valence-electron chi connectivity index (χ3n) is 14.0. The molecule has 1 aromatic heterocycles. The highest BCUT2D eigenvalue weighted by Crippen LogP contribution is 2.41. The number of hydrogen-bond donors (Lipinski definition) is 7. The van der Waals surface area contributed by atoms with Crippen LogP contribution >= 0.6 is 0 Å². The maximum Gasteiger partial charge on any atom is 0.416 e. The van der Waals surface area contributed by atoms with Crippen LogP contribution < -0.4 is 31.3 Å². The number of aromatic nitrogens is 1. The lowest BCUT2D eigenvalue weighted by Gasteiger charge is -2.42. The van der Waals surface area contributed by atoms with Gasteiger partial charge in [0.25, 0.3) is 0 Å². The van der Waals surface area contributed by atoms with Gasteiger partial charge in [-0.05, 0) is 81.6 Å². The highest BCUT2D eigenvalue weighted by atomic mass is 19.4. The molecule has 22 nitrogen and oxygen atoms in total. The molecule has 5 rings (SSSR count). The number of piperidine rings is 1. The highest BCUT2D eigenvalue weighted by molar-refractivity contribution is 5.89. The molecule has 8 N–H and O–H groups in total. The zero-order chi connectivity index (χ0) is 57.7. The normalized spacial score (nSPS) is 16.7. The van der Waals surface area contributed by atoms with E-state index in [-0.39, 0.29) is 153 Å². The number of nitrogens with one attached hydrogen (secondary N) is 3. The number of carboxylic acid groups (broad SMARTS) is 3. The second-order valence-corrected chi connectivity index (χ2v) is 19.6. The zero-order valence-electron chi connectivity index (χ0n) is 44.6. The van der Waals surface area contributed by atoms with Gasteiger partial charge in [0.15, 0.2) is 0 Å². The lowest BCUT2D eigenvalue weighted by Crippen LogP contribution is -2.53. The summed E-state index contributed by atoms with van der Waals surface area (Å²) in [6, 6.07) is 12.1. The molecular formula is C53H72F4N12O10. The van der Waals surface area contributed by atoms with Gasteiger partial charge in [-0.2, -0.15) is 18.4 Å². The molecule has 0 spiro atoms. The number of nitriles is 1. The maximum absolute atomic E-state index is 16.1. The Balaban J connectivity index is 1.10. The van der Waals surface area contributed by atoms with Crippen LogP contribution in [0.3, 0.4) is 0 Å². The van der Waals surface area contributed by atoms with Gasteiger partial charge in [0, 0.05) is 110 Å². The number of carbonyl (C=O) groups excluding carboxylic acids is 3. The molecule has 26 heteroatoms. The number of carboxylic acids is 3. The Morgan fingerprint density at radius 2 is 1.33 bits per heavy atom. The van der Waals surface area contributed by atoms with E-state index >= 15 is 4.39 Å². The number of pyridine rings is 1. The minimum absolute atomic E-state index is 0.0262. The Kier molecular flexibility index (Phi) is 24.2. The van der Waals surface area contributed by atoms with Crippen LogP contribution in [-0.4, -0.2) is 224 Å². The Morgan fingerprint density at radius 3 is 1.85 bits per heavy atom. The molecule has 0 aliphatic carbocycles. The van der Waals surface area contributed by atoms with Gasteiger partial charge in [0.2, 0.25) is 17.7 Å². The first-order valence-corrected chi connectivity index (χ1v) is 26.2. The smallest absolute Gasteiger partial charge is 0.416 e. The van der Waals surface area contributed by atoms with Gasteiger partial charge in [-0.1, -0.05) is 12.1 Å². The predicted molar refractivity (Wildman–Crippen MR) is 282 cm³/mol. The number of anilines is 1. The van der Waals surface area contributed by atoms with Crippen molar-refractivity contribution in [3.8, 4) is 23.1 Å². The minimum atomic E-state index is -4.65. The fraction of sp³-hybridized carbons (Fsp3) is 0.547. The Bertz CT molecular complexity index is 2570. The topological polar surface area (TPSA) is 291 Å². The summed E-state index contributed by atoms with van der Waals surface area (Å²) in [6.45, 7) is 4.86. The largest absolute Gasteiger partial charge is 0.493 e. The second kappa shape index (κ2) is 30.4. The number of rotatable bonds is 25. The SMILES string of the molecule is CCOc1ccccc1-c1ncc(C2(C(=O)NCCN(C)CCNC(=O)[C@H](N)CCCNC(=O)CN3CCN(CC(=O)O)CCN(CC(=O)O)CCN(CC(=O)O)CC3)CCN(c3ccc(C(F)(F)F)cc3C#N)CC2)cc1F. The van der Waals surface area contributed by atoms with Crippen LogP contribution in [0.1, 0.15) is 49.3 Å². The predicted octanol–water partition coefficient (Wildman–Crippen LogP) is 1.58. The third kappa shape index (κ3) is 19.4. The van der Waals surface area contributed by atoms with Gasteiger partial charge in [0.1, 0.15) is 23.3 Å². The first-order chi connectivity index (χ1) is 37.6. The van der Waals surface area contributed by atoms with Crippen molar-refractivity contribution in [2.45, 2.75) is 50.2 Å². The summed E-state index contributed by atoms with van der Waals surface area (Å²) >= 11 is 0. The van der Waals surface area contributed by atoms with Crippen LogP contribution in [0.15, 0.2) is 54.7 Å². The highest BCUT2D eigenvalue weighted by Gasteiger charge is 2.44. The fourth-order valence-corrected chi connectivity index (χ4v) is 9.56. The zero-order valence-corrected chi connectivity index (χ0v) is 44.6. The van der Waals surface area contributed by atoms with Crippen LogP contribution in [0.25, 0.3) is 11.3 Å². The third-order valence-corrected chi connectivity index (χ3v) is 14.0. The molecule has 0 radical (unpaired) electrons. The monoisotopic (exact) mass is 1110 g/mol. The van der Waals surface area contributed by atoms with E-state index in [0.717, 1.165) is 12.1 Å². The number of benzene rings is 2. The number of carbonyl (C=O) groups is 6. The number of halogens is 4. The number of alkyl halides is 3. The fourth-order valence-electron chi connectivity index (χ4n) is 9.56. The summed E-state index contributed by atoms with van der Waals surface area (Å²) in [5.74, 6) is -4.59. The summed E-state index contributed by atoms with van der Waals surface area (Å²) in [7, 11) is 1.79. The van der Waals surface area contributed by atoms with Crippen LogP contribution in [0, 0.1) is 17.1 Å². The van der Waals surface area contributed by atoms with Crippen molar-refractivity contribution >= 4 is 41.3 Å². The number of amides is 3. The molecule has 2 aromatic carbocycles. The van der Waals surface area contributed by atoms with Crippen molar-refractivity contribution in [3.63, 3.8) is 0 Å². The Morgan fingerprint density at radius 1 is 0.785 bits per heavy atom. The Hall–Kier alpha value is -7.02.